The number of nitrogens with zero attached hydrogens (tertiary/aromatic N) is 1. The molecule has 1 saturated heterocycles. The summed E-state index contributed by atoms with van der Waals surface area (Å²) in [4.78, 5) is 11.2. The van der Waals surface area contributed by atoms with E-state index in [2.05, 4.69) is 0 Å². The molecule has 2 N–H and O–H groups in total. The lowest BCUT2D eigenvalue weighted by Gasteiger charge is -2.14. The fourth-order valence-corrected chi connectivity index (χ4v) is 3.02. The van der Waals surface area contributed by atoms with E-state index < -0.39 is 10.0 Å². The van der Waals surface area contributed by atoms with E-state index in [-0.39, 0.29) is 23.8 Å². The Labute approximate surface area is 93.9 Å². The van der Waals surface area contributed by atoms with Gasteiger partial charge in [-0.25, -0.2) is 8.42 Å². The summed E-state index contributed by atoms with van der Waals surface area (Å²) >= 11 is 0. The van der Waals surface area contributed by atoms with Crippen molar-refractivity contribution in [1.82, 2.24) is 4.31 Å². The third-order valence-electron chi connectivity index (χ3n) is 2.51. The van der Waals surface area contributed by atoms with E-state index >= 15 is 0 Å². The number of nitrogen functional groups attached to an aromatic ring is 1. The Hall–Kier alpha value is -1.40. The maximum atomic E-state index is 12.0. The first kappa shape index (κ1) is 11.1. The fraction of sp³-hybridized carbons (Fsp3) is 0.300. The van der Waals surface area contributed by atoms with E-state index in [1.807, 2.05) is 0 Å². The Morgan fingerprint density at radius 3 is 2.31 bits per heavy atom. The zero-order valence-electron chi connectivity index (χ0n) is 8.59. The first-order valence-electron chi connectivity index (χ1n) is 4.87. The molecule has 0 radical (unpaired) electrons. The Morgan fingerprint density at radius 2 is 1.81 bits per heavy atom. The molecule has 0 aliphatic carbocycles. The van der Waals surface area contributed by atoms with Crippen LogP contribution < -0.4 is 5.73 Å². The molecule has 1 heterocycles. The summed E-state index contributed by atoms with van der Waals surface area (Å²) in [6.45, 7) is 0.248. The summed E-state index contributed by atoms with van der Waals surface area (Å²) in [7, 11) is -3.53. The highest BCUT2D eigenvalue weighted by Gasteiger charge is 2.31. The minimum Gasteiger partial charge on any atom is -0.399 e. The summed E-state index contributed by atoms with van der Waals surface area (Å²) in [5.74, 6) is -0.0426. The van der Waals surface area contributed by atoms with Crippen molar-refractivity contribution in [2.75, 3.05) is 18.8 Å². The van der Waals surface area contributed by atoms with Crippen LogP contribution in [0, 0.1) is 0 Å². The molecule has 0 aromatic heterocycles. The molecule has 1 aliphatic rings. The van der Waals surface area contributed by atoms with Crippen LogP contribution in [-0.4, -0.2) is 31.6 Å². The monoisotopic (exact) mass is 240 g/mol. The molecule has 1 aromatic rings. The van der Waals surface area contributed by atoms with Gasteiger partial charge in [0.15, 0.2) is 0 Å². The van der Waals surface area contributed by atoms with Gasteiger partial charge in [-0.05, 0) is 24.3 Å². The van der Waals surface area contributed by atoms with Gasteiger partial charge in [-0.3, -0.25) is 4.79 Å². The smallest absolute Gasteiger partial charge is 0.243 e. The Balaban J connectivity index is 2.32. The number of anilines is 1. The van der Waals surface area contributed by atoms with Crippen LogP contribution in [0.25, 0.3) is 0 Å². The van der Waals surface area contributed by atoms with Gasteiger partial charge in [0.1, 0.15) is 5.78 Å². The minimum atomic E-state index is -3.53. The lowest BCUT2D eigenvalue weighted by molar-refractivity contribution is -0.116. The second-order valence-corrected chi connectivity index (χ2v) is 5.63. The van der Waals surface area contributed by atoms with Gasteiger partial charge in [-0.2, -0.15) is 4.31 Å². The van der Waals surface area contributed by atoms with Crippen LogP contribution in [-0.2, 0) is 14.8 Å². The molecule has 1 aliphatic heterocycles. The molecule has 0 saturated carbocycles. The van der Waals surface area contributed by atoms with E-state index in [0.29, 0.717) is 12.1 Å². The van der Waals surface area contributed by atoms with Gasteiger partial charge >= 0.3 is 0 Å². The molecule has 0 bridgehead atoms. The van der Waals surface area contributed by atoms with Gasteiger partial charge in [0.2, 0.25) is 10.0 Å². The molecular weight excluding hydrogens is 228 g/mol. The fourth-order valence-electron chi connectivity index (χ4n) is 1.60. The number of ketones is 1. The Morgan fingerprint density at radius 1 is 1.19 bits per heavy atom. The van der Waals surface area contributed by atoms with Crippen molar-refractivity contribution in [2.45, 2.75) is 11.3 Å². The van der Waals surface area contributed by atoms with E-state index in [1.165, 1.54) is 28.6 Å². The van der Waals surface area contributed by atoms with Gasteiger partial charge in [-0.15, -0.1) is 0 Å². The number of carbonyl (C=O) groups excluding carboxylic acids is 1. The summed E-state index contributed by atoms with van der Waals surface area (Å²) in [5, 5.41) is 0. The zero-order valence-corrected chi connectivity index (χ0v) is 9.40. The maximum Gasteiger partial charge on any atom is 0.243 e. The lowest BCUT2D eigenvalue weighted by Crippen LogP contribution is -2.28. The molecular formula is C10H12N2O3S. The second kappa shape index (κ2) is 3.88. The van der Waals surface area contributed by atoms with Crippen molar-refractivity contribution in [3.8, 4) is 0 Å². The first-order valence-corrected chi connectivity index (χ1v) is 6.31. The molecule has 0 amide bonds. The van der Waals surface area contributed by atoms with Gasteiger partial charge in [-0.1, -0.05) is 0 Å². The van der Waals surface area contributed by atoms with Crippen molar-refractivity contribution < 1.29 is 13.2 Å². The van der Waals surface area contributed by atoms with Crippen molar-refractivity contribution in [2.24, 2.45) is 0 Å². The highest BCUT2D eigenvalue weighted by Crippen LogP contribution is 2.20. The van der Waals surface area contributed by atoms with Gasteiger partial charge < -0.3 is 5.73 Å². The molecule has 2 rings (SSSR count). The van der Waals surface area contributed by atoms with E-state index in [1.54, 1.807) is 0 Å². The third-order valence-corrected chi connectivity index (χ3v) is 4.37. The number of carbonyl (C=O) groups is 1. The number of rotatable bonds is 2. The molecule has 1 aromatic carbocycles. The van der Waals surface area contributed by atoms with Gasteiger partial charge in [0.25, 0.3) is 0 Å². The van der Waals surface area contributed by atoms with Crippen molar-refractivity contribution in [3.63, 3.8) is 0 Å². The molecule has 86 valence electrons. The predicted octanol–water partition coefficient (Wildman–Crippen LogP) is 0.232. The molecule has 0 spiro atoms. The lowest BCUT2D eigenvalue weighted by atomic mass is 10.3. The maximum absolute atomic E-state index is 12.0. The number of Topliss-reactive ketones (excluding diaryl/α,β-unsaturated/α-hetero) is 1. The normalized spacial score (nSPS) is 17.9. The topological polar surface area (TPSA) is 80.5 Å². The molecule has 6 heteroatoms. The average Bonchev–Trinajstić information content (AvgIpc) is 2.66. The molecule has 0 atom stereocenters. The molecule has 5 nitrogen and oxygen atoms in total. The number of hydrogen-bond acceptors (Lipinski definition) is 4. The minimum absolute atomic E-state index is 0.0211. The first-order chi connectivity index (χ1) is 7.50. The van der Waals surface area contributed by atoms with E-state index in [9.17, 15) is 13.2 Å². The Kier molecular flexibility index (Phi) is 2.69. The van der Waals surface area contributed by atoms with Gasteiger partial charge in [0.05, 0.1) is 11.4 Å². The summed E-state index contributed by atoms with van der Waals surface area (Å²) in [5.41, 5.74) is 5.99. The second-order valence-electron chi connectivity index (χ2n) is 3.70. The van der Waals surface area contributed by atoms with Gasteiger partial charge in [0, 0.05) is 18.7 Å². The van der Waals surface area contributed by atoms with Crippen molar-refractivity contribution in [1.29, 1.82) is 0 Å². The SMILES string of the molecule is Nc1ccc(S(=O)(=O)N2CCC(=O)C2)cc1. The van der Waals surface area contributed by atoms with Crippen LogP contribution in [0.5, 0.6) is 0 Å². The average molecular weight is 240 g/mol. The number of hydrogen-bond donors (Lipinski definition) is 1. The van der Waals surface area contributed by atoms with E-state index in [4.69, 9.17) is 5.73 Å². The summed E-state index contributed by atoms with van der Waals surface area (Å²) in [6.07, 6.45) is 0.300. The number of nitrogens with two attached hydrogens (primary N) is 1. The molecule has 0 unspecified atom stereocenters. The Bertz CT molecular complexity index is 507. The van der Waals surface area contributed by atoms with Crippen LogP contribution in [0.4, 0.5) is 5.69 Å². The molecule has 16 heavy (non-hydrogen) atoms. The van der Waals surface area contributed by atoms with Crippen molar-refractivity contribution in [3.05, 3.63) is 24.3 Å². The largest absolute Gasteiger partial charge is 0.399 e. The van der Waals surface area contributed by atoms with Crippen LogP contribution in [0.2, 0.25) is 0 Å². The number of sulfonamides is 1. The van der Waals surface area contributed by atoms with Crippen LogP contribution >= 0.6 is 0 Å². The number of benzene rings is 1. The third kappa shape index (κ3) is 1.94. The zero-order chi connectivity index (χ0) is 11.8. The standard InChI is InChI=1S/C10H12N2O3S/c11-8-1-3-10(4-2-8)16(14,15)12-6-5-9(13)7-12/h1-4H,5-7,11H2. The highest BCUT2D eigenvalue weighted by atomic mass is 32.2. The quantitative estimate of drug-likeness (QED) is 0.750. The van der Waals surface area contributed by atoms with Crippen LogP contribution in [0.1, 0.15) is 6.42 Å². The highest BCUT2D eigenvalue weighted by molar-refractivity contribution is 7.89. The van der Waals surface area contributed by atoms with E-state index in [0.717, 1.165) is 0 Å². The summed E-state index contributed by atoms with van der Waals surface area (Å²) < 4.78 is 25.2. The van der Waals surface area contributed by atoms with Crippen LogP contribution in [0.15, 0.2) is 29.2 Å². The predicted molar refractivity (Wildman–Crippen MR) is 59.2 cm³/mol. The summed E-state index contributed by atoms with van der Waals surface area (Å²) in [6, 6.07) is 5.97. The van der Waals surface area contributed by atoms with Crippen molar-refractivity contribution >= 4 is 21.5 Å². The van der Waals surface area contributed by atoms with Crippen LogP contribution in [0.3, 0.4) is 0 Å². The molecule has 1 fully saturated rings.